The fourth-order valence-corrected chi connectivity index (χ4v) is 2.99. The zero-order valence-electron chi connectivity index (χ0n) is 11.3. The highest BCUT2D eigenvalue weighted by molar-refractivity contribution is 7.99. The molecule has 0 saturated heterocycles. The molecule has 0 unspecified atom stereocenters. The van der Waals surface area contributed by atoms with Crippen molar-refractivity contribution in [3.8, 4) is 0 Å². The van der Waals surface area contributed by atoms with Crippen LogP contribution in [-0.4, -0.2) is 20.3 Å². The third kappa shape index (κ3) is 3.05. The van der Waals surface area contributed by atoms with Crippen molar-refractivity contribution < 1.29 is 0 Å². The third-order valence-corrected chi connectivity index (χ3v) is 4.07. The van der Waals surface area contributed by atoms with E-state index in [2.05, 4.69) is 9.97 Å². The van der Waals surface area contributed by atoms with Crippen LogP contribution in [0, 0.1) is 0 Å². The smallest absolute Gasteiger partial charge is 0.250 e. The van der Waals surface area contributed by atoms with E-state index in [-0.39, 0.29) is 5.56 Å². The Kier molecular flexibility index (Phi) is 3.87. The van der Waals surface area contributed by atoms with Gasteiger partial charge >= 0.3 is 0 Å². The van der Waals surface area contributed by atoms with Crippen molar-refractivity contribution in [2.75, 3.05) is 11.5 Å². The number of hydrogen-bond donors (Lipinski definition) is 1. The topological polar surface area (TPSA) is 73.8 Å². The van der Waals surface area contributed by atoms with E-state index in [9.17, 15) is 4.79 Å². The first-order valence-corrected chi connectivity index (χ1v) is 7.51. The number of aryl methyl sites for hydroxylation is 1. The van der Waals surface area contributed by atoms with Crippen molar-refractivity contribution in [2.24, 2.45) is 0 Å². The maximum absolute atomic E-state index is 11.7. The SMILES string of the molecule is Nc1ccc(=O)n(CCSc2ncnc3ccccc23)c1. The molecule has 0 amide bonds. The van der Waals surface area contributed by atoms with Gasteiger partial charge < -0.3 is 10.3 Å². The summed E-state index contributed by atoms with van der Waals surface area (Å²) >= 11 is 1.61. The second-order valence-corrected chi connectivity index (χ2v) is 5.62. The summed E-state index contributed by atoms with van der Waals surface area (Å²) in [6.07, 6.45) is 3.23. The Hall–Kier alpha value is -2.34. The Morgan fingerprint density at radius 3 is 2.90 bits per heavy atom. The number of hydrogen-bond acceptors (Lipinski definition) is 5. The van der Waals surface area contributed by atoms with Crippen LogP contribution in [0.4, 0.5) is 5.69 Å². The van der Waals surface area contributed by atoms with Crippen LogP contribution >= 0.6 is 11.8 Å². The first-order valence-electron chi connectivity index (χ1n) is 6.52. The van der Waals surface area contributed by atoms with Gasteiger partial charge in [-0.25, -0.2) is 9.97 Å². The van der Waals surface area contributed by atoms with Gasteiger partial charge in [0.05, 0.1) is 5.52 Å². The summed E-state index contributed by atoms with van der Waals surface area (Å²) < 4.78 is 1.62. The van der Waals surface area contributed by atoms with Gasteiger partial charge in [-0.05, 0) is 12.1 Å². The fraction of sp³-hybridized carbons (Fsp3) is 0.133. The Morgan fingerprint density at radius 1 is 1.14 bits per heavy atom. The molecule has 0 aliphatic carbocycles. The molecule has 106 valence electrons. The minimum absolute atomic E-state index is 0.0441. The summed E-state index contributed by atoms with van der Waals surface area (Å²) in [4.78, 5) is 20.3. The Morgan fingerprint density at radius 2 is 2.00 bits per heavy atom. The maximum Gasteiger partial charge on any atom is 0.250 e. The number of nitrogens with zero attached hydrogens (tertiary/aromatic N) is 3. The largest absolute Gasteiger partial charge is 0.398 e. The number of nitrogens with two attached hydrogens (primary N) is 1. The zero-order valence-corrected chi connectivity index (χ0v) is 12.1. The molecule has 0 saturated carbocycles. The molecule has 2 heterocycles. The molecule has 0 spiro atoms. The molecule has 0 radical (unpaired) electrons. The lowest BCUT2D eigenvalue weighted by atomic mass is 10.2. The summed E-state index contributed by atoms with van der Waals surface area (Å²) in [7, 11) is 0. The van der Waals surface area contributed by atoms with Crippen LogP contribution in [0.2, 0.25) is 0 Å². The molecule has 1 aromatic carbocycles. The van der Waals surface area contributed by atoms with Crippen LogP contribution in [0.3, 0.4) is 0 Å². The number of para-hydroxylation sites is 1. The lowest BCUT2D eigenvalue weighted by Crippen LogP contribution is -2.19. The standard InChI is InChI=1S/C15H14N4OS/c16-11-5-6-14(20)19(9-11)7-8-21-15-12-3-1-2-4-13(12)17-10-18-15/h1-6,9-10H,7-8,16H2. The molecule has 21 heavy (non-hydrogen) atoms. The number of aromatic nitrogens is 3. The quantitative estimate of drug-likeness (QED) is 0.590. The minimum Gasteiger partial charge on any atom is -0.398 e. The van der Waals surface area contributed by atoms with Gasteiger partial charge in [-0.15, -0.1) is 11.8 Å². The predicted molar refractivity (Wildman–Crippen MR) is 85.4 cm³/mol. The molecule has 0 bridgehead atoms. The number of anilines is 1. The van der Waals surface area contributed by atoms with E-state index in [0.717, 1.165) is 21.7 Å². The number of rotatable bonds is 4. The lowest BCUT2D eigenvalue weighted by Gasteiger charge is -2.07. The van der Waals surface area contributed by atoms with Gasteiger partial charge in [-0.1, -0.05) is 18.2 Å². The summed E-state index contributed by atoms with van der Waals surface area (Å²) in [5.74, 6) is 0.740. The molecule has 0 aliphatic heterocycles. The van der Waals surface area contributed by atoms with E-state index >= 15 is 0 Å². The molecule has 0 aliphatic rings. The Balaban J connectivity index is 1.75. The van der Waals surface area contributed by atoms with Crippen molar-refractivity contribution in [2.45, 2.75) is 11.6 Å². The van der Waals surface area contributed by atoms with Gasteiger partial charge in [0.1, 0.15) is 11.4 Å². The number of nitrogen functional groups attached to an aromatic ring is 1. The first-order chi connectivity index (χ1) is 10.2. The molecule has 0 fully saturated rings. The molecule has 2 aromatic heterocycles. The van der Waals surface area contributed by atoms with E-state index in [1.807, 2.05) is 24.3 Å². The normalized spacial score (nSPS) is 10.9. The molecular formula is C15H14N4OS. The summed E-state index contributed by atoms with van der Waals surface area (Å²) in [5, 5.41) is 1.96. The van der Waals surface area contributed by atoms with Gasteiger partial charge in [0.2, 0.25) is 0 Å². The second kappa shape index (κ2) is 5.97. The van der Waals surface area contributed by atoms with Crippen molar-refractivity contribution in [1.82, 2.24) is 14.5 Å². The van der Waals surface area contributed by atoms with E-state index in [1.54, 1.807) is 34.9 Å². The van der Waals surface area contributed by atoms with E-state index in [1.165, 1.54) is 6.07 Å². The van der Waals surface area contributed by atoms with Gasteiger partial charge in [-0.3, -0.25) is 4.79 Å². The average molecular weight is 298 g/mol. The van der Waals surface area contributed by atoms with Crippen LogP contribution in [0.25, 0.3) is 10.9 Å². The second-order valence-electron chi connectivity index (χ2n) is 4.54. The monoisotopic (exact) mass is 298 g/mol. The highest BCUT2D eigenvalue weighted by Crippen LogP contribution is 2.23. The molecule has 3 aromatic rings. The van der Waals surface area contributed by atoms with E-state index in [0.29, 0.717) is 12.2 Å². The third-order valence-electron chi connectivity index (χ3n) is 3.08. The average Bonchev–Trinajstić information content (AvgIpc) is 2.51. The summed E-state index contributed by atoms with van der Waals surface area (Å²) in [6.45, 7) is 0.590. The lowest BCUT2D eigenvalue weighted by molar-refractivity contribution is 0.736. The molecule has 3 rings (SSSR count). The predicted octanol–water partition coefficient (Wildman–Crippen LogP) is 2.17. The van der Waals surface area contributed by atoms with Gasteiger partial charge in [-0.2, -0.15) is 0 Å². The number of thioether (sulfide) groups is 1. The van der Waals surface area contributed by atoms with Crippen LogP contribution in [0.15, 0.2) is 58.7 Å². The summed E-state index contributed by atoms with van der Waals surface area (Å²) in [6, 6.07) is 11.0. The molecule has 2 N–H and O–H groups in total. The molecule has 6 heteroatoms. The Labute approximate surface area is 125 Å². The highest BCUT2D eigenvalue weighted by Gasteiger charge is 2.04. The van der Waals surface area contributed by atoms with Crippen molar-refractivity contribution >= 4 is 28.4 Å². The van der Waals surface area contributed by atoms with Crippen molar-refractivity contribution in [3.63, 3.8) is 0 Å². The maximum atomic E-state index is 11.7. The summed E-state index contributed by atoms with van der Waals surface area (Å²) in [5.41, 5.74) is 7.17. The van der Waals surface area contributed by atoms with Crippen LogP contribution in [-0.2, 0) is 6.54 Å². The van der Waals surface area contributed by atoms with Crippen LogP contribution in [0.5, 0.6) is 0 Å². The highest BCUT2D eigenvalue weighted by atomic mass is 32.2. The number of benzene rings is 1. The van der Waals surface area contributed by atoms with Gasteiger partial charge in [0.15, 0.2) is 0 Å². The van der Waals surface area contributed by atoms with Crippen LogP contribution in [0.1, 0.15) is 0 Å². The number of fused-ring (bicyclic) bond motifs is 1. The molecular weight excluding hydrogens is 284 g/mol. The molecule has 5 nitrogen and oxygen atoms in total. The van der Waals surface area contributed by atoms with Crippen molar-refractivity contribution in [1.29, 1.82) is 0 Å². The van der Waals surface area contributed by atoms with E-state index in [4.69, 9.17) is 5.73 Å². The van der Waals surface area contributed by atoms with Crippen molar-refractivity contribution in [3.05, 3.63) is 59.3 Å². The number of pyridine rings is 1. The molecule has 0 atom stereocenters. The zero-order chi connectivity index (χ0) is 14.7. The van der Waals surface area contributed by atoms with Crippen LogP contribution < -0.4 is 11.3 Å². The first kappa shape index (κ1) is 13.6. The fourth-order valence-electron chi connectivity index (χ4n) is 2.06. The van der Waals surface area contributed by atoms with Gasteiger partial charge in [0.25, 0.3) is 5.56 Å². The van der Waals surface area contributed by atoms with E-state index < -0.39 is 0 Å². The minimum atomic E-state index is -0.0441. The Bertz CT molecular complexity index is 826. The van der Waals surface area contributed by atoms with Gasteiger partial charge in [0, 0.05) is 35.6 Å².